The first kappa shape index (κ1) is 9.73. The maximum atomic E-state index is 11.3. The van der Waals surface area contributed by atoms with E-state index in [1.54, 1.807) is 31.1 Å². The summed E-state index contributed by atoms with van der Waals surface area (Å²) in [6, 6.07) is -0.241. The number of amides is 1. The van der Waals surface area contributed by atoms with Gasteiger partial charge in [0.05, 0.1) is 12.9 Å². The Morgan fingerprint density at radius 1 is 1.85 bits per heavy atom. The lowest BCUT2D eigenvalue weighted by Gasteiger charge is -2.08. The van der Waals surface area contributed by atoms with Crippen molar-refractivity contribution in [2.24, 2.45) is 7.05 Å². The number of rotatable bonds is 3. The number of aliphatic hydroxyl groups is 1. The quantitative estimate of drug-likeness (QED) is 0.665. The maximum Gasteiger partial charge on any atom is 0.271 e. The Kier molecular flexibility index (Phi) is 3.02. The molecule has 1 rings (SSSR count). The van der Waals surface area contributed by atoms with Crippen LogP contribution in [0, 0.1) is 0 Å². The molecule has 1 heterocycles. The van der Waals surface area contributed by atoms with E-state index in [-0.39, 0.29) is 18.6 Å². The number of hydrogen-bond donors (Lipinski definition) is 2. The average Bonchev–Trinajstić information content (AvgIpc) is 2.51. The van der Waals surface area contributed by atoms with Crippen LogP contribution in [0.2, 0.25) is 0 Å². The largest absolute Gasteiger partial charge is 0.394 e. The molecule has 0 aliphatic carbocycles. The van der Waals surface area contributed by atoms with Crippen molar-refractivity contribution in [3.8, 4) is 0 Å². The number of nitrogens with one attached hydrogen (secondary N) is 1. The summed E-state index contributed by atoms with van der Waals surface area (Å²) in [5.41, 5.74) is 0.364. The Labute approximate surface area is 76.4 Å². The number of aryl methyl sites for hydroxylation is 1. The van der Waals surface area contributed by atoms with Crippen LogP contribution in [0.15, 0.2) is 12.5 Å². The van der Waals surface area contributed by atoms with Crippen LogP contribution in [0.4, 0.5) is 0 Å². The first-order valence-corrected chi connectivity index (χ1v) is 4.03. The molecule has 0 aliphatic heterocycles. The molecule has 0 spiro atoms. The van der Waals surface area contributed by atoms with Gasteiger partial charge in [0, 0.05) is 19.3 Å². The molecule has 0 saturated carbocycles. The molecular weight excluding hydrogens is 170 g/mol. The number of aliphatic hydroxyl groups excluding tert-OH is 1. The molecule has 1 aromatic heterocycles. The molecule has 5 heteroatoms. The summed E-state index contributed by atoms with van der Waals surface area (Å²) in [4.78, 5) is 15.2. The van der Waals surface area contributed by atoms with E-state index in [1.807, 2.05) is 0 Å². The Morgan fingerprint density at radius 2 is 2.54 bits per heavy atom. The SMILES string of the molecule is CC(CO)NC(=O)c1cn(C)cn1. The van der Waals surface area contributed by atoms with E-state index in [0.717, 1.165) is 0 Å². The number of carbonyl (C=O) groups is 1. The molecule has 2 N–H and O–H groups in total. The smallest absolute Gasteiger partial charge is 0.271 e. The molecule has 0 fully saturated rings. The molecule has 1 atom stereocenters. The second-order valence-corrected chi connectivity index (χ2v) is 2.98. The fraction of sp³-hybridized carbons (Fsp3) is 0.500. The molecule has 5 nitrogen and oxygen atoms in total. The molecule has 1 unspecified atom stereocenters. The average molecular weight is 183 g/mol. The third-order valence-electron chi connectivity index (χ3n) is 1.59. The van der Waals surface area contributed by atoms with Crippen molar-refractivity contribution in [3.63, 3.8) is 0 Å². The lowest BCUT2D eigenvalue weighted by molar-refractivity contribution is 0.0917. The Balaban J connectivity index is 2.58. The van der Waals surface area contributed by atoms with Gasteiger partial charge >= 0.3 is 0 Å². The lowest BCUT2D eigenvalue weighted by Crippen LogP contribution is -2.35. The molecule has 0 radical (unpaired) electrons. The van der Waals surface area contributed by atoms with Crippen molar-refractivity contribution in [1.82, 2.24) is 14.9 Å². The first-order valence-electron chi connectivity index (χ1n) is 4.03. The standard InChI is InChI=1S/C8H13N3O2/c1-6(4-12)10-8(13)7-3-11(2)5-9-7/h3,5-6,12H,4H2,1-2H3,(H,10,13). The monoisotopic (exact) mass is 183 g/mol. The zero-order chi connectivity index (χ0) is 9.84. The van der Waals surface area contributed by atoms with Gasteiger partial charge in [-0.3, -0.25) is 4.79 Å². The molecule has 1 aromatic rings. The second-order valence-electron chi connectivity index (χ2n) is 2.98. The van der Waals surface area contributed by atoms with Gasteiger partial charge in [-0.2, -0.15) is 0 Å². The lowest BCUT2D eigenvalue weighted by atomic mass is 10.3. The van der Waals surface area contributed by atoms with E-state index in [2.05, 4.69) is 10.3 Å². The highest BCUT2D eigenvalue weighted by Gasteiger charge is 2.10. The van der Waals surface area contributed by atoms with Gasteiger partial charge in [0.2, 0.25) is 0 Å². The predicted octanol–water partition coefficient (Wildman–Crippen LogP) is -0.469. The minimum Gasteiger partial charge on any atom is -0.394 e. The molecule has 0 bridgehead atoms. The van der Waals surface area contributed by atoms with Gasteiger partial charge in [0.15, 0.2) is 0 Å². The first-order chi connectivity index (χ1) is 6.13. The minimum atomic E-state index is -0.262. The van der Waals surface area contributed by atoms with Crippen molar-refractivity contribution in [3.05, 3.63) is 18.2 Å². The van der Waals surface area contributed by atoms with Crippen LogP contribution in [0.3, 0.4) is 0 Å². The normalized spacial score (nSPS) is 12.5. The van der Waals surface area contributed by atoms with Gasteiger partial charge in [0.25, 0.3) is 5.91 Å². The van der Waals surface area contributed by atoms with Crippen LogP contribution in [0.25, 0.3) is 0 Å². The maximum absolute atomic E-state index is 11.3. The molecule has 72 valence electrons. The van der Waals surface area contributed by atoms with Crippen LogP contribution in [-0.4, -0.2) is 33.2 Å². The number of carbonyl (C=O) groups excluding carboxylic acids is 1. The van der Waals surface area contributed by atoms with Crippen molar-refractivity contribution >= 4 is 5.91 Å². The van der Waals surface area contributed by atoms with Gasteiger partial charge in [-0.1, -0.05) is 0 Å². The van der Waals surface area contributed by atoms with Gasteiger partial charge in [-0.25, -0.2) is 4.98 Å². The summed E-state index contributed by atoms with van der Waals surface area (Å²) < 4.78 is 1.69. The van der Waals surface area contributed by atoms with Crippen LogP contribution in [0.1, 0.15) is 17.4 Å². The van der Waals surface area contributed by atoms with Gasteiger partial charge < -0.3 is 15.0 Å². The minimum absolute atomic E-state index is 0.0709. The van der Waals surface area contributed by atoms with Gasteiger partial charge in [0.1, 0.15) is 5.69 Å². The number of aromatic nitrogens is 2. The summed E-state index contributed by atoms with van der Waals surface area (Å²) in [7, 11) is 1.79. The third-order valence-corrected chi connectivity index (χ3v) is 1.59. The Bertz CT molecular complexity index is 295. The van der Waals surface area contributed by atoms with Crippen LogP contribution in [0.5, 0.6) is 0 Å². The van der Waals surface area contributed by atoms with Crippen molar-refractivity contribution < 1.29 is 9.90 Å². The van der Waals surface area contributed by atoms with Crippen molar-refractivity contribution in [2.45, 2.75) is 13.0 Å². The number of hydrogen-bond acceptors (Lipinski definition) is 3. The predicted molar refractivity (Wildman–Crippen MR) is 47.2 cm³/mol. The second kappa shape index (κ2) is 4.04. The fourth-order valence-electron chi connectivity index (χ4n) is 0.873. The molecule has 0 aliphatic rings. The molecule has 1 amide bonds. The summed E-state index contributed by atoms with van der Waals surface area (Å²) in [5, 5.41) is 11.3. The van der Waals surface area contributed by atoms with E-state index < -0.39 is 0 Å². The van der Waals surface area contributed by atoms with E-state index in [9.17, 15) is 4.79 Å². The topological polar surface area (TPSA) is 67.2 Å². The summed E-state index contributed by atoms with van der Waals surface area (Å²) in [6.45, 7) is 1.65. The highest BCUT2D eigenvalue weighted by atomic mass is 16.3. The zero-order valence-electron chi connectivity index (χ0n) is 7.69. The highest BCUT2D eigenvalue weighted by molar-refractivity contribution is 5.92. The van der Waals surface area contributed by atoms with Gasteiger partial charge in [-0.05, 0) is 6.92 Å². The van der Waals surface area contributed by atoms with E-state index in [4.69, 9.17) is 5.11 Å². The summed E-state index contributed by atoms with van der Waals surface area (Å²) >= 11 is 0. The van der Waals surface area contributed by atoms with Crippen LogP contribution in [-0.2, 0) is 7.05 Å². The highest BCUT2D eigenvalue weighted by Crippen LogP contribution is 1.94. The molecule has 13 heavy (non-hydrogen) atoms. The molecule has 0 aromatic carbocycles. The van der Waals surface area contributed by atoms with Gasteiger partial charge in [-0.15, -0.1) is 0 Å². The van der Waals surface area contributed by atoms with E-state index >= 15 is 0 Å². The number of nitrogens with zero attached hydrogens (tertiary/aromatic N) is 2. The van der Waals surface area contributed by atoms with E-state index in [1.165, 1.54) is 0 Å². The van der Waals surface area contributed by atoms with Crippen molar-refractivity contribution in [2.75, 3.05) is 6.61 Å². The van der Waals surface area contributed by atoms with E-state index in [0.29, 0.717) is 5.69 Å². The number of imidazole rings is 1. The van der Waals surface area contributed by atoms with Crippen molar-refractivity contribution in [1.29, 1.82) is 0 Å². The third kappa shape index (κ3) is 2.55. The Morgan fingerprint density at radius 3 is 3.00 bits per heavy atom. The summed E-state index contributed by atoms with van der Waals surface area (Å²) in [6.07, 6.45) is 3.18. The van der Waals surface area contributed by atoms with Crippen LogP contribution >= 0.6 is 0 Å². The molecule has 0 saturated heterocycles. The summed E-state index contributed by atoms with van der Waals surface area (Å²) in [5.74, 6) is -0.262. The zero-order valence-corrected chi connectivity index (χ0v) is 7.69. The fourth-order valence-corrected chi connectivity index (χ4v) is 0.873. The van der Waals surface area contributed by atoms with Crippen LogP contribution < -0.4 is 5.32 Å². The Hall–Kier alpha value is -1.36. The molecular formula is C8H13N3O2.